The van der Waals surface area contributed by atoms with E-state index in [1.165, 1.54) is 16.9 Å². The first kappa shape index (κ1) is 7.53. The van der Waals surface area contributed by atoms with E-state index in [1.807, 2.05) is 0 Å². The molecule has 2 aromatic heterocycles. The van der Waals surface area contributed by atoms with Crippen molar-refractivity contribution in [2.24, 2.45) is 0 Å². The molecule has 13 heavy (non-hydrogen) atoms. The fraction of sp³-hybridized carbons (Fsp3) is 0. The average Bonchev–Trinajstić information content (AvgIpc) is 2.53. The molecule has 0 bridgehead atoms. The summed E-state index contributed by atoms with van der Waals surface area (Å²) in [6.45, 7) is 0. The molecule has 2 rings (SSSR count). The zero-order valence-electron chi connectivity index (χ0n) is 6.39. The second kappa shape index (κ2) is 2.44. The van der Waals surface area contributed by atoms with Crippen molar-refractivity contribution in [2.45, 2.75) is 0 Å². The third kappa shape index (κ3) is 0.994. The number of aromatic nitrogens is 3. The van der Waals surface area contributed by atoms with Crippen LogP contribution in [0, 0.1) is 0 Å². The molecule has 0 unspecified atom stereocenters. The van der Waals surface area contributed by atoms with Gasteiger partial charge in [-0.15, -0.1) is 0 Å². The minimum Gasteiger partial charge on any atom is -0.477 e. The molecule has 0 aromatic carbocycles. The van der Waals surface area contributed by atoms with Crippen molar-refractivity contribution in [2.75, 3.05) is 0 Å². The predicted octanol–water partition coefficient (Wildman–Crippen LogP) is -0.279. The summed E-state index contributed by atoms with van der Waals surface area (Å²) in [7, 11) is 0. The Morgan fingerprint density at radius 2 is 2.38 bits per heavy atom. The molecule has 2 heterocycles. The van der Waals surface area contributed by atoms with Crippen LogP contribution in [0.2, 0.25) is 0 Å². The van der Waals surface area contributed by atoms with E-state index in [0.717, 1.165) is 6.20 Å². The summed E-state index contributed by atoms with van der Waals surface area (Å²) in [5.74, 6) is -1.11. The number of rotatable bonds is 1. The number of hydrogen-bond acceptors (Lipinski definition) is 3. The van der Waals surface area contributed by atoms with Gasteiger partial charge in [0.2, 0.25) is 0 Å². The van der Waals surface area contributed by atoms with Crippen LogP contribution in [-0.4, -0.2) is 25.4 Å². The number of hydrogen-bond donors (Lipinski definition) is 2. The number of carboxylic acids is 1. The minimum atomic E-state index is -1.11. The molecule has 0 saturated heterocycles. The van der Waals surface area contributed by atoms with Crippen molar-refractivity contribution < 1.29 is 9.90 Å². The highest BCUT2D eigenvalue weighted by Gasteiger charge is 2.09. The van der Waals surface area contributed by atoms with E-state index < -0.39 is 5.97 Å². The summed E-state index contributed by atoms with van der Waals surface area (Å²) >= 11 is 0. The highest BCUT2D eigenvalue weighted by atomic mass is 16.4. The summed E-state index contributed by atoms with van der Waals surface area (Å²) in [5.41, 5.74) is -0.158. The Hall–Kier alpha value is -2.11. The molecule has 2 N–H and O–H groups in total. The number of nitrogens with zero attached hydrogens (tertiary/aromatic N) is 2. The SMILES string of the molecule is O=C(O)c1c[nH]c(=O)c2cncn12. The zero-order chi connectivity index (χ0) is 9.42. The van der Waals surface area contributed by atoms with Gasteiger partial charge in [0, 0.05) is 6.20 Å². The molecule has 0 radical (unpaired) electrons. The maximum atomic E-state index is 11.1. The molecule has 6 heteroatoms. The van der Waals surface area contributed by atoms with Gasteiger partial charge in [-0.1, -0.05) is 0 Å². The van der Waals surface area contributed by atoms with Crippen molar-refractivity contribution in [1.29, 1.82) is 0 Å². The van der Waals surface area contributed by atoms with Gasteiger partial charge in [-0.25, -0.2) is 9.78 Å². The third-order valence-corrected chi connectivity index (χ3v) is 1.69. The van der Waals surface area contributed by atoms with E-state index in [2.05, 4.69) is 9.97 Å². The van der Waals surface area contributed by atoms with Crippen LogP contribution in [0.4, 0.5) is 0 Å². The normalized spacial score (nSPS) is 10.5. The van der Waals surface area contributed by atoms with Crippen molar-refractivity contribution >= 4 is 11.5 Å². The second-order valence-corrected chi connectivity index (χ2v) is 2.46. The lowest BCUT2D eigenvalue weighted by Gasteiger charge is -1.97. The lowest BCUT2D eigenvalue weighted by Crippen LogP contribution is -2.14. The Labute approximate surface area is 71.5 Å². The van der Waals surface area contributed by atoms with Gasteiger partial charge in [-0.05, 0) is 0 Å². The largest absolute Gasteiger partial charge is 0.477 e. The minimum absolute atomic E-state index is 0.0212. The van der Waals surface area contributed by atoms with E-state index in [0.29, 0.717) is 0 Å². The Kier molecular flexibility index (Phi) is 1.42. The number of aromatic carboxylic acids is 1. The fourth-order valence-corrected chi connectivity index (χ4v) is 1.10. The van der Waals surface area contributed by atoms with Crippen LogP contribution in [0.5, 0.6) is 0 Å². The van der Waals surface area contributed by atoms with Crippen molar-refractivity contribution in [3.8, 4) is 0 Å². The number of nitrogens with one attached hydrogen (secondary N) is 1. The highest BCUT2D eigenvalue weighted by molar-refractivity contribution is 5.86. The van der Waals surface area contributed by atoms with Crippen LogP contribution < -0.4 is 5.56 Å². The number of fused-ring (bicyclic) bond motifs is 1. The lowest BCUT2D eigenvalue weighted by atomic mass is 10.4. The van der Waals surface area contributed by atoms with E-state index in [4.69, 9.17) is 5.11 Å². The lowest BCUT2D eigenvalue weighted by molar-refractivity contribution is 0.0688. The van der Waals surface area contributed by atoms with Gasteiger partial charge in [0.05, 0.1) is 6.20 Å². The van der Waals surface area contributed by atoms with Crippen LogP contribution in [0.25, 0.3) is 5.52 Å². The van der Waals surface area contributed by atoms with Gasteiger partial charge in [0.1, 0.15) is 17.5 Å². The molecule has 0 aliphatic heterocycles. The second-order valence-electron chi connectivity index (χ2n) is 2.46. The maximum absolute atomic E-state index is 11.1. The number of carbonyl (C=O) groups is 1. The van der Waals surface area contributed by atoms with E-state index in [-0.39, 0.29) is 16.8 Å². The van der Waals surface area contributed by atoms with Crippen LogP contribution in [0.15, 0.2) is 23.5 Å². The van der Waals surface area contributed by atoms with Crippen LogP contribution >= 0.6 is 0 Å². The quantitative estimate of drug-likeness (QED) is 0.630. The van der Waals surface area contributed by atoms with Gasteiger partial charge in [-0.3, -0.25) is 9.20 Å². The Balaban J connectivity index is 2.94. The predicted molar refractivity (Wildman–Crippen MR) is 42.8 cm³/mol. The van der Waals surface area contributed by atoms with Gasteiger partial charge in [-0.2, -0.15) is 0 Å². The first-order chi connectivity index (χ1) is 6.20. The van der Waals surface area contributed by atoms with Crippen molar-refractivity contribution in [1.82, 2.24) is 14.4 Å². The highest BCUT2D eigenvalue weighted by Crippen LogP contribution is 1.99. The van der Waals surface area contributed by atoms with Crippen LogP contribution in [0.3, 0.4) is 0 Å². The molecule has 0 atom stereocenters. The standard InChI is InChI=1S/C7H5N3O3/c11-6-4-1-8-3-10(4)5(2-9-6)7(12)13/h1-3H,(H,9,11)(H,12,13). The molecular weight excluding hydrogens is 174 g/mol. The van der Waals surface area contributed by atoms with Gasteiger partial charge >= 0.3 is 5.97 Å². The van der Waals surface area contributed by atoms with E-state index in [1.54, 1.807) is 0 Å². The smallest absolute Gasteiger partial charge is 0.354 e. The van der Waals surface area contributed by atoms with Crippen molar-refractivity contribution in [3.05, 3.63) is 34.8 Å². The number of imidazole rings is 1. The number of H-pyrrole nitrogens is 1. The fourth-order valence-electron chi connectivity index (χ4n) is 1.10. The molecule has 0 aliphatic carbocycles. The molecule has 66 valence electrons. The topological polar surface area (TPSA) is 87.5 Å². The van der Waals surface area contributed by atoms with E-state index in [9.17, 15) is 9.59 Å². The van der Waals surface area contributed by atoms with Gasteiger partial charge in [0.15, 0.2) is 0 Å². The summed E-state index contributed by atoms with van der Waals surface area (Å²) < 4.78 is 1.22. The summed E-state index contributed by atoms with van der Waals surface area (Å²) in [6, 6.07) is 0. The molecule has 0 spiro atoms. The maximum Gasteiger partial charge on any atom is 0.354 e. The van der Waals surface area contributed by atoms with Crippen LogP contribution in [-0.2, 0) is 0 Å². The first-order valence-electron chi connectivity index (χ1n) is 3.47. The zero-order valence-corrected chi connectivity index (χ0v) is 6.39. The molecule has 0 saturated carbocycles. The third-order valence-electron chi connectivity index (χ3n) is 1.69. The molecule has 0 aliphatic rings. The van der Waals surface area contributed by atoms with Crippen molar-refractivity contribution in [3.63, 3.8) is 0 Å². The number of carboxylic acid groups (broad SMARTS) is 1. The number of aromatic amines is 1. The summed E-state index contributed by atoms with van der Waals surface area (Å²) in [6.07, 6.45) is 3.73. The molecular formula is C7H5N3O3. The van der Waals surface area contributed by atoms with E-state index >= 15 is 0 Å². The van der Waals surface area contributed by atoms with Gasteiger partial charge < -0.3 is 10.1 Å². The Morgan fingerprint density at radius 3 is 3.08 bits per heavy atom. The average molecular weight is 179 g/mol. The van der Waals surface area contributed by atoms with Crippen LogP contribution in [0.1, 0.15) is 10.5 Å². The summed E-state index contributed by atoms with van der Waals surface area (Å²) in [5, 5.41) is 8.72. The Bertz CT molecular complexity index is 525. The molecule has 2 aromatic rings. The molecule has 0 fully saturated rings. The molecule has 6 nitrogen and oxygen atoms in total. The first-order valence-corrected chi connectivity index (χ1v) is 3.47. The monoisotopic (exact) mass is 179 g/mol. The Morgan fingerprint density at radius 1 is 1.62 bits per heavy atom. The molecule has 0 amide bonds. The summed E-state index contributed by atoms with van der Waals surface area (Å²) in [4.78, 5) is 27.8. The van der Waals surface area contributed by atoms with Gasteiger partial charge in [0.25, 0.3) is 5.56 Å².